The van der Waals surface area contributed by atoms with Crippen molar-refractivity contribution in [3.63, 3.8) is 0 Å². The van der Waals surface area contributed by atoms with Gasteiger partial charge in [0.15, 0.2) is 12.5 Å². The number of H-pyrrole nitrogens is 1. The molecule has 1 amide bonds. The molecular formula is C23H26ClN7O3. The molecule has 1 aromatic carbocycles. The topological polar surface area (TPSA) is 119 Å². The third-order valence-corrected chi connectivity index (χ3v) is 6.54. The molecule has 0 aliphatic carbocycles. The van der Waals surface area contributed by atoms with E-state index in [9.17, 15) is 9.90 Å². The molecule has 3 aromatic rings. The lowest BCUT2D eigenvalue weighted by Gasteiger charge is -2.29. The average Bonchev–Trinajstić information content (AvgIpc) is 3.40. The van der Waals surface area contributed by atoms with Crippen molar-refractivity contribution in [2.24, 2.45) is 4.99 Å². The molecule has 0 radical (unpaired) electrons. The number of rotatable bonds is 0. The van der Waals surface area contributed by atoms with Gasteiger partial charge in [-0.3, -0.25) is 9.79 Å². The number of hydrogen-bond acceptors (Lipinski definition) is 8. The Morgan fingerprint density at radius 1 is 1.26 bits per heavy atom. The van der Waals surface area contributed by atoms with Crippen molar-refractivity contribution < 1.29 is 14.6 Å². The van der Waals surface area contributed by atoms with E-state index in [2.05, 4.69) is 30.2 Å². The summed E-state index contributed by atoms with van der Waals surface area (Å²) in [6, 6.07) is 5.22. The van der Waals surface area contributed by atoms with E-state index in [1.807, 2.05) is 11.9 Å². The summed E-state index contributed by atoms with van der Waals surface area (Å²) in [6.07, 6.45) is 4.94. The number of amides is 1. The fraction of sp³-hybridized carbons (Fsp3) is 0.391. The molecule has 1 saturated heterocycles. The predicted molar refractivity (Wildman–Crippen MR) is 130 cm³/mol. The molecule has 0 saturated carbocycles. The summed E-state index contributed by atoms with van der Waals surface area (Å²) >= 11 is 6.31. The maximum Gasteiger partial charge on any atom is 0.260 e. The highest BCUT2D eigenvalue weighted by atomic mass is 35.5. The minimum atomic E-state index is -0.0847. The normalized spacial score (nSPS) is 19.9. The highest BCUT2D eigenvalue weighted by Crippen LogP contribution is 2.32. The van der Waals surface area contributed by atoms with Crippen molar-refractivity contribution in [3.05, 3.63) is 35.1 Å². The fourth-order valence-electron chi connectivity index (χ4n) is 4.51. The van der Waals surface area contributed by atoms with Gasteiger partial charge in [0.05, 0.1) is 21.7 Å². The third kappa shape index (κ3) is 4.51. The number of aromatic hydroxyl groups is 1. The van der Waals surface area contributed by atoms with Gasteiger partial charge in [-0.1, -0.05) is 11.6 Å². The van der Waals surface area contributed by atoms with Crippen LogP contribution in [-0.4, -0.2) is 87.9 Å². The lowest BCUT2D eigenvalue weighted by atomic mass is 10.2. The second-order valence-corrected chi connectivity index (χ2v) is 8.97. The van der Waals surface area contributed by atoms with Crippen LogP contribution < -0.4 is 10.1 Å². The van der Waals surface area contributed by atoms with Crippen LogP contribution in [0.25, 0.3) is 11.0 Å². The van der Waals surface area contributed by atoms with Crippen LogP contribution in [0.2, 0.25) is 5.02 Å². The van der Waals surface area contributed by atoms with E-state index in [1.54, 1.807) is 24.4 Å². The van der Waals surface area contributed by atoms with E-state index >= 15 is 0 Å². The zero-order chi connectivity index (χ0) is 23.7. The molecule has 178 valence electrons. The summed E-state index contributed by atoms with van der Waals surface area (Å²) in [5, 5.41) is 14.9. The first-order valence-corrected chi connectivity index (χ1v) is 11.6. The number of benzene rings is 1. The Kier molecular flexibility index (Phi) is 6.25. The molecule has 1 atom stereocenters. The molecule has 2 bridgehead atoms. The van der Waals surface area contributed by atoms with Crippen molar-refractivity contribution >= 4 is 46.3 Å². The van der Waals surface area contributed by atoms with Crippen molar-refractivity contribution in [3.8, 4) is 11.6 Å². The number of fused-ring (bicyclic) bond motifs is 3. The molecular weight excluding hydrogens is 458 g/mol. The average molecular weight is 484 g/mol. The predicted octanol–water partition coefficient (Wildman–Crippen LogP) is 2.79. The van der Waals surface area contributed by atoms with Crippen molar-refractivity contribution in [1.29, 1.82) is 0 Å². The van der Waals surface area contributed by atoms with Crippen LogP contribution in [-0.2, 0) is 4.79 Å². The quantitative estimate of drug-likeness (QED) is 0.449. The summed E-state index contributed by atoms with van der Waals surface area (Å²) in [6.45, 7) is 2.80. The van der Waals surface area contributed by atoms with Crippen LogP contribution in [0.3, 0.4) is 0 Å². The number of hydrogen-bond donors (Lipinski definition) is 3. The Morgan fingerprint density at radius 3 is 3.03 bits per heavy atom. The monoisotopic (exact) mass is 483 g/mol. The molecule has 11 heteroatoms. The van der Waals surface area contributed by atoms with Crippen LogP contribution in [0.4, 0.5) is 11.5 Å². The first-order valence-electron chi connectivity index (χ1n) is 11.2. The largest absolute Gasteiger partial charge is 0.494 e. The second-order valence-electron chi connectivity index (χ2n) is 8.57. The third-order valence-electron chi connectivity index (χ3n) is 6.22. The van der Waals surface area contributed by atoms with Crippen molar-refractivity contribution in [2.75, 3.05) is 45.2 Å². The molecule has 5 rings (SSSR count). The number of aromatic amines is 1. The van der Waals surface area contributed by atoms with Gasteiger partial charge in [0.25, 0.3) is 5.91 Å². The first-order chi connectivity index (χ1) is 16.5. The Balaban J connectivity index is 1.52. The molecule has 0 unspecified atom stereocenters. The molecule has 34 heavy (non-hydrogen) atoms. The van der Waals surface area contributed by atoms with E-state index in [-0.39, 0.29) is 24.4 Å². The summed E-state index contributed by atoms with van der Waals surface area (Å²) in [5.41, 5.74) is 1.55. The number of likely N-dealkylation sites (N-methyl/N-ethyl adjacent to an activating group) is 1. The number of ether oxygens (including phenoxy) is 1. The zero-order valence-corrected chi connectivity index (χ0v) is 19.5. The van der Waals surface area contributed by atoms with Gasteiger partial charge in [-0.15, -0.1) is 0 Å². The summed E-state index contributed by atoms with van der Waals surface area (Å²) < 4.78 is 5.80. The SMILES string of the molecule is CN1CCNc2ncnc3[nH]c(O)c(c23)C=Nc2ccc(Cl)c(c2)OCC(=O)N2CCC[C@@H]2C1. The van der Waals surface area contributed by atoms with E-state index < -0.39 is 0 Å². The van der Waals surface area contributed by atoms with Crippen LogP contribution in [0.1, 0.15) is 18.4 Å². The van der Waals surface area contributed by atoms with E-state index in [1.165, 1.54) is 6.33 Å². The Hall–Kier alpha value is -3.37. The number of aromatic nitrogens is 3. The standard InChI is InChI=1S/C23H26ClN7O3/c1-30-8-6-25-21-20-16(23(33)29-22(20)28-13-27-21)10-26-14-4-5-17(24)18(9-14)34-12-19(32)31-7-2-3-15(31)11-30/h4-5,9-10,13,15,33H,2-3,6-8,11-12H2,1H3,(H2,25,27,28,29)/t15-/m1/s1. The van der Waals surface area contributed by atoms with Crippen LogP contribution in [0.15, 0.2) is 29.5 Å². The van der Waals surface area contributed by atoms with E-state index in [4.69, 9.17) is 16.3 Å². The molecule has 2 aromatic heterocycles. The summed E-state index contributed by atoms with van der Waals surface area (Å²) in [4.78, 5) is 33.0. The van der Waals surface area contributed by atoms with Crippen molar-refractivity contribution in [1.82, 2.24) is 24.8 Å². The van der Waals surface area contributed by atoms with Gasteiger partial charge in [0.2, 0.25) is 0 Å². The molecule has 2 aliphatic heterocycles. The van der Waals surface area contributed by atoms with Gasteiger partial charge in [0, 0.05) is 44.5 Å². The number of carbonyl (C=O) groups excluding carboxylic acids is 1. The van der Waals surface area contributed by atoms with Crippen LogP contribution in [0, 0.1) is 0 Å². The minimum Gasteiger partial charge on any atom is -0.494 e. The molecule has 1 fully saturated rings. The van der Waals surface area contributed by atoms with Gasteiger partial charge in [-0.05, 0) is 32.0 Å². The summed E-state index contributed by atoms with van der Waals surface area (Å²) in [5.74, 6) is 0.888. The summed E-state index contributed by atoms with van der Waals surface area (Å²) in [7, 11) is 2.04. The lowest BCUT2D eigenvalue weighted by Crippen LogP contribution is -2.44. The lowest BCUT2D eigenvalue weighted by molar-refractivity contribution is -0.134. The first kappa shape index (κ1) is 22.4. The van der Waals surface area contributed by atoms with Gasteiger partial charge < -0.3 is 29.9 Å². The molecule has 3 N–H and O–H groups in total. The second kappa shape index (κ2) is 9.47. The minimum absolute atomic E-state index is 0.0498. The fourth-order valence-corrected chi connectivity index (χ4v) is 4.68. The Labute approximate surface area is 201 Å². The Bertz CT molecular complexity index is 1240. The highest BCUT2D eigenvalue weighted by molar-refractivity contribution is 6.32. The highest BCUT2D eigenvalue weighted by Gasteiger charge is 2.30. The molecule has 10 nitrogen and oxygen atoms in total. The maximum atomic E-state index is 12.9. The van der Waals surface area contributed by atoms with Gasteiger partial charge in [-0.2, -0.15) is 0 Å². The number of nitrogens with one attached hydrogen (secondary N) is 2. The number of halogens is 1. The number of aliphatic imine (C=N–C) groups is 1. The smallest absolute Gasteiger partial charge is 0.260 e. The molecule has 4 heterocycles. The Morgan fingerprint density at radius 2 is 2.15 bits per heavy atom. The zero-order valence-electron chi connectivity index (χ0n) is 18.8. The van der Waals surface area contributed by atoms with Gasteiger partial charge >= 0.3 is 0 Å². The van der Waals surface area contributed by atoms with Crippen molar-refractivity contribution in [2.45, 2.75) is 18.9 Å². The van der Waals surface area contributed by atoms with E-state index in [0.717, 1.165) is 32.5 Å². The number of nitrogens with zero attached hydrogens (tertiary/aromatic N) is 5. The van der Waals surface area contributed by atoms with Gasteiger partial charge in [-0.25, -0.2) is 9.97 Å². The van der Waals surface area contributed by atoms with Gasteiger partial charge in [0.1, 0.15) is 23.5 Å². The number of anilines is 1. The number of carbonyl (C=O) groups is 1. The molecule has 0 spiro atoms. The van der Waals surface area contributed by atoms with Crippen LogP contribution in [0.5, 0.6) is 11.6 Å². The van der Waals surface area contributed by atoms with E-state index in [0.29, 0.717) is 45.4 Å². The van der Waals surface area contributed by atoms with Crippen LogP contribution >= 0.6 is 11.6 Å². The molecule has 2 aliphatic rings. The maximum absolute atomic E-state index is 12.9.